The average Bonchev–Trinajstić information content (AvgIpc) is 3.34. The summed E-state index contributed by atoms with van der Waals surface area (Å²) in [5.41, 5.74) is 10.2. The van der Waals surface area contributed by atoms with Gasteiger partial charge in [0.1, 0.15) is 18.1 Å². The normalized spacial score (nSPS) is 29.9. The summed E-state index contributed by atoms with van der Waals surface area (Å²) in [5, 5.41) is 5.82. The fourth-order valence-corrected chi connectivity index (χ4v) is 15.6. The first-order valence-electron chi connectivity index (χ1n) is 31.9. The second kappa shape index (κ2) is 22.0. The summed E-state index contributed by atoms with van der Waals surface area (Å²) in [5.74, 6) is 0.222. The van der Waals surface area contributed by atoms with Crippen LogP contribution in [-0.4, -0.2) is 174 Å². The number of esters is 1. The van der Waals surface area contributed by atoms with Crippen molar-refractivity contribution >= 4 is 40.3 Å². The van der Waals surface area contributed by atoms with Crippen LogP contribution in [-0.2, 0) is 48.0 Å². The standard InChI is InChI=1S/C65H88N10O6/c1-7-74-54-22-19-46-34-49(54)51(58(74)50-35-48(37-66-55(50)41(2)80-6)71-30-28-70(29-31-71)47-20-21-47)36-64(3,4)40-81-63(79)52-16-11-25-75(68-52)61(77)53(33-42-12-10-15-45(46)32-42)67-60(76)57(43-13-8-9-14-43)72-26-23-65(38-72)24-27-73(39-65)62(78)59-56(69(59)5)44-17-18-44/h10,12,15,19,22,32,34-35,37,41,43-44,47,52-53,56-57,59,68H,7-9,11,13-14,16-18,20-21,23-31,33,36,38-40H2,1-6H3,(H,67,76)/t41-,52-,53-,56+,57-,59+,65-,69?/m0/s1/i7D2. The summed E-state index contributed by atoms with van der Waals surface area (Å²) in [6, 6.07) is 15.6. The van der Waals surface area contributed by atoms with Gasteiger partial charge in [0, 0.05) is 115 Å². The van der Waals surface area contributed by atoms with Crippen LogP contribution in [0.25, 0.3) is 33.3 Å². The van der Waals surface area contributed by atoms with Gasteiger partial charge in [0.25, 0.3) is 5.91 Å². The molecule has 81 heavy (non-hydrogen) atoms. The number of methoxy groups -OCH3 is 1. The number of piperazine rings is 1. The summed E-state index contributed by atoms with van der Waals surface area (Å²) in [4.78, 5) is 75.8. The molecule has 2 N–H and O–H groups in total. The van der Waals surface area contributed by atoms with Crippen molar-refractivity contribution < 1.29 is 31.4 Å². The number of rotatable bonds is 12. The molecule has 8 atom stereocenters. The van der Waals surface area contributed by atoms with E-state index in [1.165, 1.54) is 25.7 Å². The minimum atomic E-state index is -1.86. The van der Waals surface area contributed by atoms with E-state index in [9.17, 15) is 12.3 Å². The molecule has 16 heteroatoms. The Kier molecular flexibility index (Phi) is 14.2. The number of likely N-dealkylation sites (tertiary alicyclic amines) is 2. The SMILES string of the molecule is [2H]C([2H])(C)n1c(-c2cc(N3CCN(C4CC4)CC3)cnc2[C@H](C)OC)c2c3cc(ccc31)-c1cccc(c1)C[C@H](NC(=O)[C@H](C1CCCC1)N1CC[C@]3(CCN(C(=O)[C@H]4[C@@H](C5CC5)N4C)C3)C1)C(=O)N1CCC[C@H](N1)C(=O)OCC(C)(C)C2. The molecule has 5 saturated heterocycles. The second-order valence-electron chi connectivity index (χ2n) is 26.8. The van der Waals surface area contributed by atoms with Crippen LogP contribution < -0.4 is 15.6 Å². The third-order valence-electron chi connectivity index (χ3n) is 20.5. The highest BCUT2D eigenvalue weighted by Gasteiger charge is 2.59. The Hall–Kier alpha value is -5.39. The Morgan fingerprint density at radius 2 is 1.69 bits per heavy atom. The minimum absolute atomic E-state index is 0.0114. The van der Waals surface area contributed by atoms with Crippen molar-refractivity contribution in [3.63, 3.8) is 0 Å². The summed E-state index contributed by atoms with van der Waals surface area (Å²) >= 11 is 0. The summed E-state index contributed by atoms with van der Waals surface area (Å²) in [6.45, 7) is 13.1. The molecule has 6 bridgehead atoms. The predicted molar refractivity (Wildman–Crippen MR) is 314 cm³/mol. The van der Waals surface area contributed by atoms with Gasteiger partial charge in [-0.1, -0.05) is 57.0 Å². The number of hydrogen-bond donors (Lipinski definition) is 2. The molecule has 2 aromatic heterocycles. The van der Waals surface area contributed by atoms with Crippen LogP contribution in [0.4, 0.5) is 5.69 Å². The van der Waals surface area contributed by atoms with Crippen LogP contribution in [0.3, 0.4) is 0 Å². The smallest absolute Gasteiger partial charge is 0.324 e. The molecule has 3 amide bonds. The molecule has 6 aliphatic heterocycles. The quantitative estimate of drug-likeness (QED) is 0.106. The van der Waals surface area contributed by atoms with E-state index in [1.54, 1.807) is 19.0 Å². The highest BCUT2D eigenvalue weighted by Crippen LogP contribution is 2.49. The van der Waals surface area contributed by atoms with Crippen molar-refractivity contribution in [2.75, 3.05) is 84.6 Å². The molecular formula is C65H88N10O6. The molecule has 8 heterocycles. The minimum Gasteiger partial charge on any atom is -0.464 e. The maximum Gasteiger partial charge on any atom is 0.324 e. The number of ether oxygens (including phenoxy) is 2. The average molecular weight is 1110 g/mol. The lowest BCUT2D eigenvalue weighted by molar-refractivity contribution is -0.155. The molecule has 2 aromatic carbocycles. The summed E-state index contributed by atoms with van der Waals surface area (Å²) in [6.07, 6.45) is 14.2. The highest BCUT2D eigenvalue weighted by atomic mass is 16.5. The number of benzene rings is 2. The van der Waals surface area contributed by atoms with Gasteiger partial charge in [-0.2, -0.15) is 0 Å². The summed E-state index contributed by atoms with van der Waals surface area (Å²) in [7, 11) is 3.78. The number of anilines is 1. The monoisotopic (exact) mass is 1110 g/mol. The zero-order valence-corrected chi connectivity index (χ0v) is 48.9. The number of cyclic esters (lactones) is 1. The molecule has 434 valence electrons. The van der Waals surface area contributed by atoms with E-state index in [-0.39, 0.29) is 48.1 Å². The topological polar surface area (TPSA) is 148 Å². The first-order valence-corrected chi connectivity index (χ1v) is 30.9. The number of aromatic nitrogens is 2. The molecule has 1 spiro atoms. The van der Waals surface area contributed by atoms with E-state index in [0.29, 0.717) is 49.5 Å². The Morgan fingerprint density at radius 3 is 2.44 bits per heavy atom. The van der Waals surface area contributed by atoms with E-state index >= 15 is 9.59 Å². The van der Waals surface area contributed by atoms with Gasteiger partial charge in [-0.15, -0.1) is 0 Å². The van der Waals surface area contributed by atoms with Gasteiger partial charge in [-0.05, 0) is 150 Å². The number of aryl methyl sites for hydroxylation is 1. The van der Waals surface area contributed by atoms with Crippen molar-refractivity contribution in [3.05, 3.63) is 71.5 Å². The fraction of sp³-hybridized carbons (Fsp3) is 0.646. The van der Waals surface area contributed by atoms with E-state index in [4.69, 9.17) is 14.5 Å². The summed E-state index contributed by atoms with van der Waals surface area (Å²) < 4.78 is 33.3. The number of hydrogen-bond acceptors (Lipinski definition) is 12. The lowest BCUT2D eigenvalue weighted by Gasteiger charge is -2.37. The first kappa shape index (κ1) is 52.4. The fourth-order valence-electron chi connectivity index (χ4n) is 15.6. The Morgan fingerprint density at radius 1 is 0.914 bits per heavy atom. The van der Waals surface area contributed by atoms with Gasteiger partial charge in [0.05, 0.1) is 42.0 Å². The molecule has 0 radical (unpaired) electrons. The lowest BCUT2D eigenvalue weighted by atomic mass is 9.84. The van der Waals surface area contributed by atoms with Gasteiger partial charge in [0.2, 0.25) is 11.8 Å². The highest BCUT2D eigenvalue weighted by molar-refractivity contribution is 5.96. The number of nitrogens with one attached hydrogen (secondary N) is 2. The molecular weight excluding hydrogens is 1020 g/mol. The molecule has 16 nitrogen and oxygen atoms in total. The third-order valence-corrected chi connectivity index (χ3v) is 20.5. The van der Waals surface area contributed by atoms with Crippen molar-refractivity contribution in [2.45, 2.75) is 166 Å². The van der Waals surface area contributed by atoms with Gasteiger partial charge in [-0.25, -0.2) is 5.43 Å². The second-order valence-corrected chi connectivity index (χ2v) is 26.8. The number of nitrogens with zero attached hydrogens (tertiary/aromatic N) is 8. The molecule has 3 aliphatic carbocycles. The van der Waals surface area contributed by atoms with Gasteiger partial charge in [-0.3, -0.25) is 43.9 Å². The molecule has 8 fully saturated rings. The van der Waals surface area contributed by atoms with Crippen LogP contribution in [0.5, 0.6) is 0 Å². The van der Waals surface area contributed by atoms with E-state index in [2.05, 4.69) is 86.5 Å². The van der Waals surface area contributed by atoms with Crippen LogP contribution in [0, 0.1) is 22.7 Å². The largest absolute Gasteiger partial charge is 0.464 e. The number of amides is 3. The first-order chi connectivity index (χ1) is 39.9. The lowest BCUT2D eigenvalue weighted by Crippen LogP contribution is -2.62. The van der Waals surface area contributed by atoms with Crippen LogP contribution in [0.15, 0.2) is 54.7 Å². The van der Waals surface area contributed by atoms with E-state index < -0.39 is 42.1 Å². The third kappa shape index (κ3) is 10.8. The zero-order chi connectivity index (χ0) is 57.7. The Labute approximate surface area is 482 Å². The van der Waals surface area contributed by atoms with Crippen molar-refractivity contribution in [1.82, 2.24) is 44.9 Å². The van der Waals surface area contributed by atoms with E-state index in [0.717, 1.165) is 141 Å². The maximum atomic E-state index is 15.4. The van der Waals surface area contributed by atoms with Crippen LogP contribution >= 0.6 is 0 Å². The molecule has 13 rings (SSSR count). The van der Waals surface area contributed by atoms with Gasteiger partial charge >= 0.3 is 5.97 Å². The molecule has 9 aliphatic rings. The molecule has 3 saturated carbocycles. The number of hydrazine groups is 1. The Balaban J connectivity index is 0.846. The molecule has 1 unspecified atom stereocenters. The number of fused-ring (bicyclic) bond motifs is 6. The van der Waals surface area contributed by atoms with Crippen LogP contribution in [0.2, 0.25) is 0 Å². The predicted octanol–water partition coefficient (Wildman–Crippen LogP) is 7.61. The number of carbonyl (C=O) groups excluding carboxylic acids is 4. The van der Waals surface area contributed by atoms with Crippen LogP contribution in [0.1, 0.15) is 130 Å². The van der Waals surface area contributed by atoms with Crippen molar-refractivity contribution in [2.24, 2.45) is 22.7 Å². The maximum absolute atomic E-state index is 15.4. The number of pyridine rings is 1. The number of likely N-dealkylation sites (N-methyl/N-ethyl adjacent to an activating group) is 1. The van der Waals surface area contributed by atoms with Gasteiger partial charge in [0.15, 0.2) is 0 Å². The van der Waals surface area contributed by atoms with Crippen molar-refractivity contribution in [3.8, 4) is 22.4 Å². The number of carbonyl (C=O) groups is 4. The molecule has 4 aromatic rings. The zero-order valence-electron chi connectivity index (χ0n) is 50.9. The van der Waals surface area contributed by atoms with Gasteiger partial charge < -0.3 is 29.2 Å². The van der Waals surface area contributed by atoms with E-state index in [1.807, 2.05) is 35.9 Å². The Bertz CT molecular complexity index is 3140. The van der Waals surface area contributed by atoms with Crippen molar-refractivity contribution in [1.29, 1.82) is 0 Å².